The van der Waals surface area contributed by atoms with Gasteiger partial charge in [-0.1, -0.05) is 72.7 Å². The molecular weight excluding hydrogens is 460 g/mol. The fourth-order valence-corrected chi connectivity index (χ4v) is 4.24. The molecule has 0 N–H and O–H groups in total. The second kappa shape index (κ2) is 11.6. The smallest absolute Gasteiger partial charge is 0.165 e. The molecule has 0 amide bonds. The SMILES string of the molecule is CCC(=O)c1cc(C(=O)C(C)C)cc(-c2ccc(-c3cc(C(=O)C(C)C)cc(C(=O)C(C)C)c3)cc2)c1. The van der Waals surface area contributed by atoms with Crippen LogP contribution in [-0.2, 0) is 0 Å². The fourth-order valence-electron chi connectivity index (χ4n) is 4.24. The van der Waals surface area contributed by atoms with Gasteiger partial charge < -0.3 is 0 Å². The van der Waals surface area contributed by atoms with Crippen molar-refractivity contribution in [3.63, 3.8) is 0 Å². The third-order valence-electron chi connectivity index (χ3n) is 6.49. The van der Waals surface area contributed by atoms with Crippen LogP contribution in [0.25, 0.3) is 22.3 Å². The van der Waals surface area contributed by atoms with Crippen molar-refractivity contribution in [1.29, 1.82) is 0 Å². The molecule has 192 valence electrons. The maximum absolute atomic E-state index is 12.8. The number of hydrogen-bond donors (Lipinski definition) is 0. The van der Waals surface area contributed by atoms with Gasteiger partial charge in [0.1, 0.15) is 0 Å². The Morgan fingerprint density at radius 2 is 0.784 bits per heavy atom. The second-order valence-electron chi connectivity index (χ2n) is 10.5. The lowest BCUT2D eigenvalue weighted by atomic mass is 9.90. The van der Waals surface area contributed by atoms with Crippen molar-refractivity contribution >= 4 is 23.1 Å². The summed E-state index contributed by atoms with van der Waals surface area (Å²) in [6.07, 6.45) is 0.362. The molecule has 0 saturated heterocycles. The van der Waals surface area contributed by atoms with Gasteiger partial charge in [0.05, 0.1) is 0 Å². The van der Waals surface area contributed by atoms with Crippen LogP contribution in [-0.4, -0.2) is 23.1 Å². The Morgan fingerprint density at radius 3 is 1.08 bits per heavy atom. The molecule has 0 aromatic heterocycles. The number of hydrogen-bond acceptors (Lipinski definition) is 4. The van der Waals surface area contributed by atoms with Crippen LogP contribution in [0.1, 0.15) is 96.3 Å². The van der Waals surface area contributed by atoms with Gasteiger partial charge >= 0.3 is 0 Å². The van der Waals surface area contributed by atoms with E-state index in [9.17, 15) is 19.2 Å². The summed E-state index contributed by atoms with van der Waals surface area (Å²) in [7, 11) is 0. The Morgan fingerprint density at radius 1 is 0.486 bits per heavy atom. The van der Waals surface area contributed by atoms with Crippen LogP contribution in [0.15, 0.2) is 60.7 Å². The highest BCUT2D eigenvalue weighted by Crippen LogP contribution is 2.30. The predicted octanol–water partition coefficient (Wildman–Crippen LogP) is 8.13. The van der Waals surface area contributed by atoms with Crippen molar-refractivity contribution in [2.45, 2.75) is 54.9 Å². The van der Waals surface area contributed by atoms with E-state index in [0.29, 0.717) is 28.7 Å². The van der Waals surface area contributed by atoms with Gasteiger partial charge in [-0.2, -0.15) is 0 Å². The summed E-state index contributed by atoms with van der Waals surface area (Å²) in [6.45, 7) is 12.9. The molecule has 0 heterocycles. The highest BCUT2D eigenvalue weighted by Gasteiger charge is 2.19. The number of carbonyl (C=O) groups excluding carboxylic acids is 4. The Hall–Kier alpha value is -3.66. The van der Waals surface area contributed by atoms with Crippen molar-refractivity contribution in [2.24, 2.45) is 17.8 Å². The van der Waals surface area contributed by atoms with Crippen molar-refractivity contribution in [3.8, 4) is 22.3 Å². The lowest BCUT2D eigenvalue weighted by Crippen LogP contribution is -2.12. The minimum atomic E-state index is -0.180. The average Bonchev–Trinajstić information content (AvgIpc) is 2.90. The van der Waals surface area contributed by atoms with Crippen LogP contribution in [0.4, 0.5) is 0 Å². The van der Waals surface area contributed by atoms with Gasteiger partial charge in [-0.15, -0.1) is 0 Å². The fraction of sp³-hybridized carbons (Fsp3) is 0.333. The Balaban J connectivity index is 2.09. The summed E-state index contributed by atoms with van der Waals surface area (Å²) in [5.41, 5.74) is 5.47. The first-order valence-electron chi connectivity index (χ1n) is 13.0. The summed E-state index contributed by atoms with van der Waals surface area (Å²) < 4.78 is 0. The number of ketones is 4. The minimum Gasteiger partial charge on any atom is -0.294 e. The molecule has 4 heteroatoms. The van der Waals surface area contributed by atoms with Gasteiger partial charge in [-0.05, 0) is 58.7 Å². The van der Waals surface area contributed by atoms with Gasteiger partial charge in [0.25, 0.3) is 0 Å². The molecule has 37 heavy (non-hydrogen) atoms. The Labute approximate surface area is 220 Å². The van der Waals surface area contributed by atoms with E-state index >= 15 is 0 Å². The summed E-state index contributed by atoms with van der Waals surface area (Å²) in [5, 5.41) is 0. The van der Waals surface area contributed by atoms with Crippen molar-refractivity contribution in [2.75, 3.05) is 0 Å². The van der Waals surface area contributed by atoms with Crippen molar-refractivity contribution in [1.82, 2.24) is 0 Å². The van der Waals surface area contributed by atoms with E-state index < -0.39 is 0 Å². The van der Waals surface area contributed by atoms with E-state index in [-0.39, 0.29) is 40.9 Å². The average molecular weight is 497 g/mol. The highest BCUT2D eigenvalue weighted by molar-refractivity contribution is 6.05. The molecule has 0 saturated carbocycles. The predicted molar refractivity (Wildman–Crippen MR) is 149 cm³/mol. The van der Waals surface area contributed by atoms with E-state index in [0.717, 1.165) is 22.3 Å². The van der Waals surface area contributed by atoms with E-state index in [1.807, 2.05) is 97.0 Å². The van der Waals surface area contributed by atoms with E-state index in [4.69, 9.17) is 0 Å². The standard InChI is InChI=1S/C33H36O4/c1-8-30(34)26-13-24(14-27(17-26)31(35)19(2)3)22-9-11-23(12-10-22)25-15-28(32(36)20(4)5)18-29(16-25)33(37)21(6)7/h9-21H,8H2,1-7H3. The zero-order valence-corrected chi connectivity index (χ0v) is 22.8. The van der Waals surface area contributed by atoms with Crippen LogP contribution in [0.5, 0.6) is 0 Å². The lowest BCUT2D eigenvalue weighted by molar-refractivity contribution is 0.0928. The van der Waals surface area contributed by atoms with Crippen LogP contribution < -0.4 is 0 Å². The molecule has 0 unspecified atom stereocenters. The summed E-state index contributed by atoms with van der Waals surface area (Å²) in [4.78, 5) is 50.8. The summed E-state index contributed by atoms with van der Waals surface area (Å²) in [6, 6.07) is 18.5. The van der Waals surface area contributed by atoms with Gasteiger partial charge in [-0.25, -0.2) is 0 Å². The van der Waals surface area contributed by atoms with Crippen LogP contribution in [0.2, 0.25) is 0 Å². The largest absolute Gasteiger partial charge is 0.294 e. The van der Waals surface area contributed by atoms with E-state index in [1.165, 1.54) is 0 Å². The molecule has 0 spiro atoms. The zero-order valence-electron chi connectivity index (χ0n) is 22.8. The highest BCUT2D eigenvalue weighted by atomic mass is 16.1. The molecule has 0 aliphatic rings. The topological polar surface area (TPSA) is 68.3 Å². The first-order valence-corrected chi connectivity index (χ1v) is 13.0. The molecule has 0 aliphatic carbocycles. The monoisotopic (exact) mass is 496 g/mol. The molecule has 4 nitrogen and oxygen atoms in total. The summed E-state index contributed by atoms with van der Waals surface area (Å²) >= 11 is 0. The normalized spacial score (nSPS) is 11.3. The van der Waals surface area contributed by atoms with Crippen molar-refractivity contribution in [3.05, 3.63) is 82.9 Å². The molecular formula is C33H36O4. The first kappa shape index (κ1) is 27.9. The summed E-state index contributed by atoms with van der Waals surface area (Å²) in [5.74, 6) is -0.554. The third-order valence-corrected chi connectivity index (χ3v) is 6.49. The Kier molecular flexibility index (Phi) is 8.75. The van der Waals surface area contributed by atoms with E-state index in [2.05, 4.69) is 0 Å². The zero-order chi connectivity index (χ0) is 27.4. The van der Waals surface area contributed by atoms with Gasteiger partial charge in [0.2, 0.25) is 0 Å². The first-order chi connectivity index (χ1) is 17.4. The molecule has 0 aliphatic heterocycles. The maximum Gasteiger partial charge on any atom is 0.165 e. The molecule has 0 fully saturated rings. The van der Waals surface area contributed by atoms with Crippen LogP contribution >= 0.6 is 0 Å². The number of rotatable bonds is 10. The van der Waals surface area contributed by atoms with Crippen LogP contribution in [0.3, 0.4) is 0 Å². The maximum atomic E-state index is 12.8. The number of Topliss-reactive ketones (excluding diaryl/α,β-unsaturated/α-hetero) is 4. The van der Waals surface area contributed by atoms with Gasteiger partial charge in [0.15, 0.2) is 23.1 Å². The molecule has 0 atom stereocenters. The second-order valence-corrected chi connectivity index (χ2v) is 10.5. The lowest BCUT2D eigenvalue weighted by Gasteiger charge is -2.13. The Bertz CT molecular complexity index is 1300. The molecule has 0 radical (unpaired) electrons. The molecule has 3 aromatic carbocycles. The van der Waals surface area contributed by atoms with Gasteiger partial charge in [0, 0.05) is 46.4 Å². The van der Waals surface area contributed by atoms with E-state index in [1.54, 1.807) is 12.1 Å². The number of carbonyl (C=O) groups is 4. The molecule has 3 aromatic rings. The van der Waals surface area contributed by atoms with Crippen molar-refractivity contribution < 1.29 is 19.2 Å². The minimum absolute atomic E-state index is 0.00222. The number of benzene rings is 3. The van der Waals surface area contributed by atoms with Gasteiger partial charge in [-0.3, -0.25) is 19.2 Å². The molecule has 3 rings (SSSR count). The molecule has 0 bridgehead atoms. The quantitative estimate of drug-likeness (QED) is 0.266. The third kappa shape index (κ3) is 6.37. The van der Waals surface area contributed by atoms with Crippen LogP contribution in [0, 0.1) is 17.8 Å².